The second kappa shape index (κ2) is 8.97. The van der Waals surface area contributed by atoms with Crippen molar-refractivity contribution in [1.29, 1.82) is 0 Å². The Balaban J connectivity index is 1.93. The van der Waals surface area contributed by atoms with Crippen LogP contribution in [-0.2, 0) is 0 Å². The number of hydrogen-bond donors (Lipinski definition) is 0. The first-order valence-corrected chi connectivity index (χ1v) is 8.13. The molecule has 3 nitrogen and oxygen atoms in total. The van der Waals surface area contributed by atoms with Gasteiger partial charge in [0.05, 0.1) is 0 Å². The van der Waals surface area contributed by atoms with Gasteiger partial charge in [-0.15, -0.1) is 0 Å². The average Bonchev–Trinajstić information content (AvgIpc) is 2.60. The third-order valence-electron chi connectivity index (χ3n) is 3.59. The molecule has 0 radical (unpaired) electrons. The first-order valence-electron chi connectivity index (χ1n) is 8.13. The van der Waals surface area contributed by atoms with Gasteiger partial charge in [-0.1, -0.05) is 43.9 Å². The number of likely N-dealkylation sites (N-methyl/N-ethyl adjacent to an activating group) is 1. The molecule has 23 heavy (non-hydrogen) atoms. The van der Waals surface area contributed by atoms with Gasteiger partial charge in [0.2, 0.25) is 5.88 Å². The summed E-state index contributed by atoms with van der Waals surface area (Å²) in [5, 5.41) is 0. The van der Waals surface area contributed by atoms with Crippen molar-refractivity contribution in [3.05, 3.63) is 59.8 Å². The molecule has 0 aliphatic carbocycles. The van der Waals surface area contributed by atoms with Crippen molar-refractivity contribution < 1.29 is 4.74 Å². The van der Waals surface area contributed by atoms with Crippen LogP contribution in [0.2, 0.25) is 0 Å². The molecule has 2 aromatic rings. The number of rotatable bonds is 6. The van der Waals surface area contributed by atoms with Crippen LogP contribution in [0.4, 0.5) is 0 Å². The minimum Gasteiger partial charge on any atom is -0.473 e. The average molecular weight is 308 g/mol. The Kier molecular flexibility index (Phi) is 6.65. The van der Waals surface area contributed by atoms with Crippen molar-refractivity contribution in [2.24, 2.45) is 0 Å². The maximum atomic E-state index is 5.87. The lowest BCUT2D eigenvalue weighted by molar-refractivity contribution is 0.148. The number of benzene rings is 1. The molecule has 120 valence electrons. The van der Waals surface area contributed by atoms with Gasteiger partial charge in [0.25, 0.3) is 0 Å². The monoisotopic (exact) mass is 308 g/mol. The normalized spacial score (nSPS) is 11.7. The van der Waals surface area contributed by atoms with E-state index in [4.69, 9.17) is 4.74 Å². The molecule has 2 rings (SSSR count). The summed E-state index contributed by atoms with van der Waals surface area (Å²) in [6.45, 7) is 9.37. The lowest BCUT2D eigenvalue weighted by atomic mass is 10.2. The second-order valence-electron chi connectivity index (χ2n) is 5.42. The van der Waals surface area contributed by atoms with Crippen LogP contribution in [0.5, 0.6) is 5.88 Å². The number of aromatic nitrogens is 1. The summed E-state index contributed by atoms with van der Waals surface area (Å²) in [5.74, 6) is 6.89. The zero-order valence-corrected chi connectivity index (χ0v) is 14.1. The van der Waals surface area contributed by atoms with E-state index in [0.29, 0.717) is 5.88 Å². The van der Waals surface area contributed by atoms with Crippen LogP contribution in [0.25, 0.3) is 0 Å². The molecule has 0 aliphatic heterocycles. The maximum absolute atomic E-state index is 5.87. The summed E-state index contributed by atoms with van der Waals surface area (Å²) in [5.41, 5.74) is 1.89. The molecule has 1 heterocycles. The van der Waals surface area contributed by atoms with E-state index in [9.17, 15) is 0 Å². The van der Waals surface area contributed by atoms with Gasteiger partial charge < -0.3 is 9.64 Å². The number of ether oxygens (including phenoxy) is 1. The molecule has 0 saturated heterocycles. The lowest BCUT2D eigenvalue weighted by Gasteiger charge is -2.22. The third-order valence-corrected chi connectivity index (χ3v) is 3.59. The molecule has 0 saturated carbocycles. The largest absolute Gasteiger partial charge is 0.473 e. The Hall–Kier alpha value is -2.31. The fourth-order valence-corrected chi connectivity index (χ4v) is 2.28. The van der Waals surface area contributed by atoms with Crippen LogP contribution >= 0.6 is 0 Å². The van der Waals surface area contributed by atoms with E-state index in [-0.39, 0.29) is 6.10 Å². The molecule has 1 aromatic carbocycles. The molecular weight excluding hydrogens is 284 g/mol. The zero-order chi connectivity index (χ0) is 16.5. The molecular formula is C20H24N2O. The molecule has 3 heteroatoms. The molecule has 1 unspecified atom stereocenters. The van der Waals surface area contributed by atoms with Crippen molar-refractivity contribution in [2.45, 2.75) is 26.9 Å². The second-order valence-corrected chi connectivity index (χ2v) is 5.42. The van der Waals surface area contributed by atoms with Crippen molar-refractivity contribution in [2.75, 3.05) is 19.6 Å². The number of nitrogens with zero attached hydrogens (tertiary/aromatic N) is 2. The molecule has 0 aliphatic rings. The van der Waals surface area contributed by atoms with Crippen LogP contribution < -0.4 is 4.74 Å². The van der Waals surface area contributed by atoms with Gasteiger partial charge in [-0.3, -0.25) is 0 Å². The Bertz CT molecular complexity index is 637. The van der Waals surface area contributed by atoms with E-state index in [0.717, 1.165) is 30.8 Å². The number of hydrogen-bond acceptors (Lipinski definition) is 3. The summed E-state index contributed by atoms with van der Waals surface area (Å²) in [6.07, 6.45) is 1.87. The van der Waals surface area contributed by atoms with Gasteiger partial charge in [0.15, 0.2) is 0 Å². The Morgan fingerprint density at radius 2 is 1.70 bits per heavy atom. The van der Waals surface area contributed by atoms with E-state index >= 15 is 0 Å². The molecule has 0 bridgehead atoms. The van der Waals surface area contributed by atoms with Crippen LogP contribution in [0, 0.1) is 11.8 Å². The summed E-state index contributed by atoms with van der Waals surface area (Å²) in [4.78, 5) is 6.68. The molecule has 0 fully saturated rings. The molecule has 0 spiro atoms. The van der Waals surface area contributed by atoms with E-state index in [1.54, 1.807) is 6.20 Å². The molecule has 1 atom stereocenters. The molecule has 0 amide bonds. The minimum atomic E-state index is 0.114. The predicted octanol–water partition coefficient (Wildman–Crippen LogP) is 3.59. The highest BCUT2D eigenvalue weighted by Gasteiger charge is 2.09. The maximum Gasteiger partial charge on any atom is 0.213 e. The van der Waals surface area contributed by atoms with Gasteiger partial charge in [-0.05, 0) is 38.2 Å². The lowest BCUT2D eigenvalue weighted by Crippen LogP contribution is -2.33. The Labute approximate surface area is 139 Å². The van der Waals surface area contributed by atoms with Crippen LogP contribution in [-0.4, -0.2) is 35.6 Å². The van der Waals surface area contributed by atoms with Gasteiger partial charge in [0, 0.05) is 29.9 Å². The summed E-state index contributed by atoms with van der Waals surface area (Å²) in [7, 11) is 0. The van der Waals surface area contributed by atoms with Crippen LogP contribution in [0.1, 0.15) is 31.9 Å². The van der Waals surface area contributed by atoms with Gasteiger partial charge in [-0.2, -0.15) is 0 Å². The van der Waals surface area contributed by atoms with Gasteiger partial charge in [0.1, 0.15) is 6.10 Å². The predicted molar refractivity (Wildman–Crippen MR) is 94.5 cm³/mol. The van der Waals surface area contributed by atoms with Crippen LogP contribution in [0.3, 0.4) is 0 Å². The van der Waals surface area contributed by atoms with Crippen molar-refractivity contribution in [3.63, 3.8) is 0 Å². The quantitative estimate of drug-likeness (QED) is 0.763. The highest BCUT2D eigenvalue weighted by Crippen LogP contribution is 2.10. The Morgan fingerprint density at radius 1 is 1.00 bits per heavy atom. The van der Waals surface area contributed by atoms with E-state index in [2.05, 4.69) is 42.5 Å². The summed E-state index contributed by atoms with van der Waals surface area (Å²) < 4.78 is 5.87. The topological polar surface area (TPSA) is 25.4 Å². The van der Waals surface area contributed by atoms with Crippen molar-refractivity contribution in [3.8, 4) is 17.7 Å². The smallest absolute Gasteiger partial charge is 0.213 e. The highest BCUT2D eigenvalue weighted by molar-refractivity contribution is 5.42. The highest BCUT2D eigenvalue weighted by atomic mass is 16.5. The fourth-order valence-electron chi connectivity index (χ4n) is 2.28. The summed E-state index contributed by atoms with van der Waals surface area (Å²) in [6, 6.07) is 13.8. The van der Waals surface area contributed by atoms with E-state index < -0.39 is 0 Å². The van der Waals surface area contributed by atoms with Crippen molar-refractivity contribution in [1.82, 2.24) is 9.88 Å². The van der Waals surface area contributed by atoms with E-state index in [1.807, 2.05) is 42.5 Å². The summed E-state index contributed by atoms with van der Waals surface area (Å²) >= 11 is 0. The first kappa shape index (κ1) is 17.1. The third kappa shape index (κ3) is 5.77. The standard InChI is InChI=1S/C20H24N2O/c1-4-22(5-2)16-17(3)23-20-14-13-19(15-21-20)12-11-18-9-7-6-8-10-18/h6-10,13-15,17H,4-5,16H2,1-3H3. The van der Waals surface area contributed by atoms with E-state index in [1.165, 1.54) is 0 Å². The SMILES string of the molecule is CCN(CC)CC(C)Oc1ccc(C#Cc2ccccc2)cn1. The van der Waals surface area contributed by atoms with Crippen molar-refractivity contribution >= 4 is 0 Å². The minimum absolute atomic E-state index is 0.114. The Morgan fingerprint density at radius 3 is 2.30 bits per heavy atom. The van der Waals surface area contributed by atoms with Gasteiger partial charge >= 0.3 is 0 Å². The van der Waals surface area contributed by atoms with Gasteiger partial charge in [-0.25, -0.2) is 4.98 Å². The molecule has 0 N–H and O–H groups in total. The zero-order valence-electron chi connectivity index (χ0n) is 14.1. The first-order chi connectivity index (χ1) is 11.2. The fraction of sp³-hybridized carbons (Fsp3) is 0.350. The van der Waals surface area contributed by atoms with Crippen LogP contribution in [0.15, 0.2) is 48.7 Å². The molecule has 1 aromatic heterocycles. The number of pyridine rings is 1.